The molecule has 2 aromatic carbocycles. The fourth-order valence-electron chi connectivity index (χ4n) is 3.58. The summed E-state index contributed by atoms with van der Waals surface area (Å²) in [5.74, 6) is 1.50. The van der Waals surface area contributed by atoms with Crippen molar-refractivity contribution in [1.29, 1.82) is 0 Å². The summed E-state index contributed by atoms with van der Waals surface area (Å²) in [7, 11) is 3.31. The lowest BCUT2D eigenvalue weighted by Gasteiger charge is -2.22. The van der Waals surface area contributed by atoms with Crippen molar-refractivity contribution in [1.82, 2.24) is 4.98 Å². The number of halogens is 1. The molecular weight excluding hydrogens is 348 g/mol. The van der Waals surface area contributed by atoms with Gasteiger partial charge < -0.3 is 14.8 Å². The zero-order chi connectivity index (χ0) is 18.1. The molecule has 4 rings (SSSR count). The van der Waals surface area contributed by atoms with E-state index in [2.05, 4.69) is 5.32 Å². The van der Waals surface area contributed by atoms with E-state index < -0.39 is 0 Å². The normalized spacial score (nSPS) is 13.3. The summed E-state index contributed by atoms with van der Waals surface area (Å²) >= 11 is 6.28. The number of aryl methyl sites for hydroxylation is 1. The van der Waals surface area contributed by atoms with Gasteiger partial charge in [-0.3, -0.25) is 4.98 Å². The Morgan fingerprint density at radius 3 is 2.65 bits per heavy atom. The van der Waals surface area contributed by atoms with Crippen LogP contribution in [0.3, 0.4) is 0 Å². The number of ether oxygens (including phenoxy) is 2. The summed E-state index contributed by atoms with van der Waals surface area (Å²) in [6.07, 6.45) is 4.40. The van der Waals surface area contributed by atoms with Crippen LogP contribution in [0.5, 0.6) is 11.5 Å². The van der Waals surface area contributed by atoms with E-state index in [0.29, 0.717) is 5.02 Å². The van der Waals surface area contributed by atoms with Crippen LogP contribution < -0.4 is 14.8 Å². The first-order valence-electron chi connectivity index (χ1n) is 8.79. The highest BCUT2D eigenvalue weighted by atomic mass is 35.5. The second-order valence-corrected chi connectivity index (χ2v) is 6.91. The van der Waals surface area contributed by atoms with E-state index in [0.717, 1.165) is 46.6 Å². The van der Waals surface area contributed by atoms with Crippen LogP contribution in [0.1, 0.15) is 24.1 Å². The quantitative estimate of drug-likeness (QED) is 0.657. The molecule has 134 valence electrons. The minimum atomic E-state index is 0.708. The average molecular weight is 369 g/mol. The van der Waals surface area contributed by atoms with Crippen molar-refractivity contribution in [2.45, 2.75) is 25.7 Å². The Labute approximate surface area is 158 Å². The molecule has 1 heterocycles. The van der Waals surface area contributed by atoms with Gasteiger partial charge in [0, 0.05) is 22.2 Å². The van der Waals surface area contributed by atoms with Crippen molar-refractivity contribution >= 4 is 33.9 Å². The highest BCUT2D eigenvalue weighted by molar-refractivity contribution is 6.31. The number of nitrogens with zero attached hydrogens (tertiary/aromatic N) is 1. The second kappa shape index (κ2) is 7.04. The van der Waals surface area contributed by atoms with Crippen molar-refractivity contribution in [3.8, 4) is 11.5 Å². The molecule has 1 aliphatic carbocycles. The molecule has 3 aromatic rings. The lowest BCUT2D eigenvalue weighted by atomic mass is 9.92. The Morgan fingerprint density at radius 1 is 1.00 bits per heavy atom. The first kappa shape index (κ1) is 17.0. The van der Waals surface area contributed by atoms with Gasteiger partial charge in [0.05, 0.1) is 31.1 Å². The number of rotatable bonds is 4. The summed E-state index contributed by atoms with van der Waals surface area (Å²) in [6, 6.07) is 11.6. The van der Waals surface area contributed by atoms with Crippen LogP contribution in [-0.4, -0.2) is 19.2 Å². The first-order chi connectivity index (χ1) is 12.7. The molecular formula is C21H21ClN2O2. The summed E-state index contributed by atoms with van der Waals surface area (Å²) in [5.41, 5.74) is 5.40. The van der Waals surface area contributed by atoms with E-state index in [4.69, 9.17) is 26.1 Å². The van der Waals surface area contributed by atoms with Crippen molar-refractivity contribution in [2.24, 2.45) is 0 Å². The topological polar surface area (TPSA) is 43.4 Å². The van der Waals surface area contributed by atoms with Gasteiger partial charge in [0.25, 0.3) is 0 Å². The lowest BCUT2D eigenvalue weighted by molar-refractivity contribution is 0.395. The van der Waals surface area contributed by atoms with Crippen LogP contribution in [-0.2, 0) is 12.8 Å². The molecule has 1 aliphatic rings. The highest BCUT2D eigenvalue weighted by Crippen LogP contribution is 2.39. The van der Waals surface area contributed by atoms with Gasteiger partial charge in [-0.2, -0.15) is 0 Å². The molecule has 0 unspecified atom stereocenters. The van der Waals surface area contributed by atoms with Crippen LogP contribution >= 0.6 is 11.6 Å². The Hall–Kier alpha value is -2.46. The molecule has 0 radical (unpaired) electrons. The van der Waals surface area contributed by atoms with Crippen molar-refractivity contribution in [2.75, 3.05) is 19.5 Å². The number of nitrogens with one attached hydrogen (secondary N) is 1. The minimum Gasteiger partial charge on any atom is -0.497 e. The Bertz CT molecular complexity index is 972. The number of methoxy groups -OCH3 is 2. The van der Waals surface area contributed by atoms with E-state index in [1.54, 1.807) is 14.2 Å². The summed E-state index contributed by atoms with van der Waals surface area (Å²) in [6.45, 7) is 0. The molecule has 0 bridgehead atoms. The number of benzene rings is 2. The third-order valence-corrected chi connectivity index (χ3v) is 5.13. The molecule has 5 heteroatoms. The van der Waals surface area contributed by atoms with Crippen LogP contribution in [0.15, 0.2) is 36.4 Å². The Kier molecular flexibility index (Phi) is 4.60. The smallest absolute Gasteiger partial charge is 0.145 e. The molecule has 1 N–H and O–H groups in total. The number of fused-ring (bicyclic) bond motifs is 2. The summed E-state index contributed by atoms with van der Waals surface area (Å²) in [4.78, 5) is 4.88. The van der Waals surface area contributed by atoms with E-state index in [-0.39, 0.29) is 0 Å². The zero-order valence-corrected chi connectivity index (χ0v) is 15.7. The van der Waals surface area contributed by atoms with Crippen LogP contribution in [0.2, 0.25) is 5.02 Å². The third kappa shape index (κ3) is 3.06. The second-order valence-electron chi connectivity index (χ2n) is 6.47. The maximum Gasteiger partial charge on any atom is 0.145 e. The van der Waals surface area contributed by atoms with Gasteiger partial charge in [-0.15, -0.1) is 0 Å². The fraction of sp³-hybridized carbons (Fsp3) is 0.286. The molecule has 1 aromatic heterocycles. The number of aromatic nitrogens is 1. The largest absolute Gasteiger partial charge is 0.497 e. The molecule has 0 saturated heterocycles. The average Bonchev–Trinajstić information content (AvgIpc) is 2.68. The Balaban J connectivity index is 1.89. The zero-order valence-electron chi connectivity index (χ0n) is 14.9. The molecule has 0 aliphatic heterocycles. The van der Waals surface area contributed by atoms with E-state index in [1.807, 2.05) is 36.4 Å². The minimum absolute atomic E-state index is 0.708. The van der Waals surface area contributed by atoms with Crippen LogP contribution in [0.4, 0.5) is 11.4 Å². The van der Waals surface area contributed by atoms with E-state index in [1.165, 1.54) is 24.1 Å². The number of hydrogen-bond donors (Lipinski definition) is 1. The van der Waals surface area contributed by atoms with E-state index in [9.17, 15) is 0 Å². The summed E-state index contributed by atoms with van der Waals surface area (Å²) in [5, 5.41) is 5.34. The van der Waals surface area contributed by atoms with Crippen molar-refractivity contribution in [3.05, 3.63) is 52.7 Å². The van der Waals surface area contributed by atoms with Gasteiger partial charge in [0.15, 0.2) is 0 Å². The summed E-state index contributed by atoms with van der Waals surface area (Å²) < 4.78 is 10.9. The Morgan fingerprint density at radius 2 is 1.85 bits per heavy atom. The molecule has 26 heavy (non-hydrogen) atoms. The predicted molar refractivity (Wildman–Crippen MR) is 106 cm³/mol. The molecule has 0 atom stereocenters. The van der Waals surface area contributed by atoms with Gasteiger partial charge in [-0.1, -0.05) is 11.6 Å². The SMILES string of the molecule is COc1ccc(Nc2c3c(nc4ccc(Cl)cc24)CCCC3)c(OC)c1. The monoisotopic (exact) mass is 368 g/mol. The number of anilines is 2. The van der Waals surface area contributed by atoms with Gasteiger partial charge in [0.1, 0.15) is 11.5 Å². The first-order valence-corrected chi connectivity index (χ1v) is 9.17. The maximum atomic E-state index is 6.28. The third-order valence-electron chi connectivity index (χ3n) is 4.89. The van der Waals surface area contributed by atoms with Crippen LogP contribution in [0, 0.1) is 0 Å². The van der Waals surface area contributed by atoms with Crippen molar-refractivity contribution < 1.29 is 9.47 Å². The lowest BCUT2D eigenvalue weighted by Crippen LogP contribution is -2.10. The molecule has 0 fully saturated rings. The fourth-order valence-corrected chi connectivity index (χ4v) is 3.75. The molecule has 0 saturated carbocycles. The standard InChI is InChI=1S/C21H21ClN2O2/c1-25-14-8-10-19(20(12-14)26-2)24-21-15-5-3-4-6-17(15)23-18-9-7-13(22)11-16(18)21/h7-12H,3-6H2,1-2H3,(H,23,24). The molecule has 4 nitrogen and oxygen atoms in total. The van der Waals surface area contributed by atoms with Gasteiger partial charge >= 0.3 is 0 Å². The van der Waals surface area contributed by atoms with Gasteiger partial charge in [0.2, 0.25) is 0 Å². The van der Waals surface area contributed by atoms with Gasteiger partial charge in [-0.25, -0.2) is 0 Å². The molecule has 0 amide bonds. The van der Waals surface area contributed by atoms with Gasteiger partial charge in [-0.05, 0) is 61.6 Å². The molecule has 0 spiro atoms. The number of pyridine rings is 1. The highest BCUT2D eigenvalue weighted by Gasteiger charge is 2.19. The van der Waals surface area contributed by atoms with Crippen molar-refractivity contribution in [3.63, 3.8) is 0 Å². The number of hydrogen-bond acceptors (Lipinski definition) is 4. The predicted octanol–water partition coefficient (Wildman–Crippen LogP) is 5.53. The van der Waals surface area contributed by atoms with Crippen LogP contribution in [0.25, 0.3) is 10.9 Å². The van der Waals surface area contributed by atoms with E-state index >= 15 is 0 Å². The maximum absolute atomic E-state index is 6.28.